The Labute approximate surface area is 160 Å². The van der Waals surface area contributed by atoms with Crippen molar-refractivity contribution in [1.82, 2.24) is 5.32 Å². The molecule has 1 amide bonds. The van der Waals surface area contributed by atoms with Gasteiger partial charge in [-0.25, -0.2) is 4.39 Å². The Kier molecular flexibility index (Phi) is 7.01. The third-order valence-electron chi connectivity index (χ3n) is 3.90. The number of carbonyl (C=O) groups excluding carboxylic acids is 1. The molecule has 1 unspecified atom stereocenters. The van der Waals surface area contributed by atoms with Gasteiger partial charge in [0.1, 0.15) is 17.3 Å². The van der Waals surface area contributed by atoms with E-state index >= 15 is 0 Å². The fourth-order valence-corrected chi connectivity index (χ4v) is 2.84. The second-order valence-electron chi connectivity index (χ2n) is 5.74. The molecule has 0 saturated heterocycles. The third-order valence-corrected chi connectivity index (χ3v) is 4.25. The maximum absolute atomic E-state index is 13.1. The maximum atomic E-state index is 13.1. The molecule has 0 aliphatic carbocycles. The number of ether oxygens (including phenoxy) is 2. The molecule has 2 rings (SSSR count). The smallest absolute Gasteiger partial charge is 0.305 e. The minimum absolute atomic E-state index is 0.117. The van der Waals surface area contributed by atoms with Crippen molar-refractivity contribution < 1.29 is 28.6 Å². The predicted molar refractivity (Wildman–Crippen MR) is 97.8 cm³/mol. The molecule has 2 aromatic rings. The Bertz CT molecular complexity index is 843. The van der Waals surface area contributed by atoms with Gasteiger partial charge in [0.25, 0.3) is 0 Å². The van der Waals surface area contributed by atoms with Crippen LogP contribution in [0.4, 0.5) is 4.39 Å². The standard InChI is InChI=1S/C19H19ClFNO5/c1-26-13-5-6-14(17(9-13)27-2)16(10-19(24)25)22-18(23)7-11-3-4-12(21)8-15(11)20/h3-6,8-9,16H,7,10H2,1-2H3,(H,22,23)(H,24,25). The molecular formula is C19H19ClFNO5. The molecule has 0 fully saturated rings. The first-order valence-corrected chi connectivity index (χ1v) is 8.38. The Balaban J connectivity index is 2.23. The first-order valence-electron chi connectivity index (χ1n) is 8.01. The molecule has 2 N–H and O–H groups in total. The largest absolute Gasteiger partial charge is 0.497 e. The van der Waals surface area contributed by atoms with E-state index in [1.54, 1.807) is 18.2 Å². The monoisotopic (exact) mass is 395 g/mol. The molecule has 0 saturated carbocycles. The number of hydrogen-bond acceptors (Lipinski definition) is 4. The van der Waals surface area contributed by atoms with Gasteiger partial charge in [0.15, 0.2) is 0 Å². The second-order valence-corrected chi connectivity index (χ2v) is 6.15. The number of aliphatic carboxylic acids is 1. The molecule has 6 nitrogen and oxygen atoms in total. The van der Waals surface area contributed by atoms with Crippen molar-refractivity contribution in [3.63, 3.8) is 0 Å². The van der Waals surface area contributed by atoms with E-state index in [-0.39, 0.29) is 17.9 Å². The van der Waals surface area contributed by atoms with E-state index in [4.69, 9.17) is 21.1 Å². The van der Waals surface area contributed by atoms with Crippen LogP contribution in [0.5, 0.6) is 11.5 Å². The van der Waals surface area contributed by atoms with E-state index in [0.717, 1.165) is 6.07 Å². The topological polar surface area (TPSA) is 84.9 Å². The molecule has 0 aromatic heterocycles. The molecule has 0 aliphatic rings. The minimum atomic E-state index is -1.09. The van der Waals surface area contributed by atoms with E-state index in [1.165, 1.54) is 26.4 Å². The molecule has 2 aromatic carbocycles. The van der Waals surface area contributed by atoms with Crippen LogP contribution in [0.15, 0.2) is 36.4 Å². The summed E-state index contributed by atoms with van der Waals surface area (Å²) >= 11 is 5.94. The molecule has 8 heteroatoms. The molecule has 144 valence electrons. The van der Waals surface area contributed by atoms with Gasteiger partial charge in [0, 0.05) is 16.7 Å². The number of nitrogens with one attached hydrogen (secondary N) is 1. The van der Waals surface area contributed by atoms with Gasteiger partial charge >= 0.3 is 5.97 Å². The third kappa shape index (κ3) is 5.59. The van der Waals surface area contributed by atoms with Crippen LogP contribution in [0.25, 0.3) is 0 Å². The molecular weight excluding hydrogens is 377 g/mol. The number of benzene rings is 2. The van der Waals surface area contributed by atoms with Crippen molar-refractivity contribution in [3.05, 3.63) is 58.4 Å². The SMILES string of the molecule is COc1ccc(C(CC(=O)O)NC(=O)Cc2ccc(F)cc2Cl)c(OC)c1. The van der Waals surface area contributed by atoms with Gasteiger partial charge in [-0.3, -0.25) is 9.59 Å². The number of carbonyl (C=O) groups is 2. The summed E-state index contributed by atoms with van der Waals surface area (Å²) in [5.41, 5.74) is 0.936. The van der Waals surface area contributed by atoms with Crippen LogP contribution in [0.2, 0.25) is 5.02 Å². The van der Waals surface area contributed by atoms with Gasteiger partial charge in [-0.2, -0.15) is 0 Å². The summed E-state index contributed by atoms with van der Waals surface area (Å²) in [6.07, 6.45) is -0.459. The van der Waals surface area contributed by atoms with Gasteiger partial charge < -0.3 is 19.9 Å². The van der Waals surface area contributed by atoms with Crippen LogP contribution in [-0.4, -0.2) is 31.2 Å². The van der Waals surface area contributed by atoms with Crippen molar-refractivity contribution >= 4 is 23.5 Å². The van der Waals surface area contributed by atoms with Crippen LogP contribution in [0, 0.1) is 5.82 Å². The van der Waals surface area contributed by atoms with Gasteiger partial charge in [0.2, 0.25) is 5.91 Å². The van der Waals surface area contributed by atoms with E-state index in [1.807, 2.05) is 0 Å². The summed E-state index contributed by atoms with van der Waals surface area (Å²) in [6.45, 7) is 0. The highest BCUT2D eigenvalue weighted by atomic mass is 35.5. The summed E-state index contributed by atoms with van der Waals surface area (Å²) in [4.78, 5) is 23.7. The number of halogens is 2. The summed E-state index contributed by atoms with van der Waals surface area (Å²) in [7, 11) is 2.94. The minimum Gasteiger partial charge on any atom is -0.497 e. The number of rotatable bonds is 8. The average molecular weight is 396 g/mol. The van der Waals surface area contributed by atoms with Crippen molar-refractivity contribution in [2.45, 2.75) is 18.9 Å². The number of amides is 1. The number of methoxy groups -OCH3 is 2. The Morgan fingerprint density at radius 1 is 1.19 bits per heavy atom. The maximum Gasteiger partial charge on any atom is 0.305 e. The highest BCUT2D eigenvalue weighted by molar-refractivity contribution is 6.31. The van der Waals surface area contributed by atoms with Crippen LogP contribution < -0.4 is 14.8 Å². The highest BCUT2D eigenvalue weighted by Gasteiger charge is 2.22. The quantitative estimate of drug-likeness (QED) is 0.715. The van der Waals surface area contributed by atoms with Crippen molar-refractivity contribution in [1.29, 1.82) is 0 Å². The number of carboxylic acids is 1. The van der Waals surface area contributed by atoms with Crippen LogP contribution in [-0.2, 0) is 16.0 Å². The van der Waals surface area contributed by atoms with Crippen LogP contribution in [0.3, 0.4) is 0 Å². The lowest BCUT2D eigenvalue weighted by molar-refractivity contribution is -0.137. The summed E-state index contributed by atoms with van der Waals surface area (Å²) < 4.78 is 23.6. The summed E-state index contributed by atoms with van der Waals surface area (Å²) in [6, 6.07) is 7.80. The fourth-order valence-electron chi connectivity index (χ4n) is 2.60. The lowest BCUT2D eigenvalue weighted by Gasteiger charge is -2.20. The molecule has 0 bridgehead atoms. The zero-order valence-electron chi connectivity index (χ0n) is 14.8. The lowest BCUT2D eigenvalue weighted by atomic mass is 10.0. The van der Waals surface area contributed by atoms with Gasteiger partial charge in [0.05, 0.1) is 33.1 Å². The zero-order valence-corrected chi connectivity index (χ0v) is 15.5. The first kappa shape index (κ1) is 20.5. The molecule has 27 heavy (non-hydrogen) atoms. The molecule has 0 aliphatic heterocycles. The predicted octanol–water partition coefficient (Wildman–Crippen LogP) is 3.37. The Morgan fingerprint density at radius 3 is 2.52 bits per heavy atom. The first-order chi connectivity index (χ1) is 12.8. The Hall–Kier alpha value is -2.80. The van der Waals surface area contributed by atoms with Crippen LogP contribution in [0.1, 0.15) is 23.6 Å². The van der Waals surface area contributed by atoms with Crippen molar-refractivity contribution in [2.24, 2.45) is 0 Å². The van der Waals surface area contributed by atoms with Crippen molar-refractivity contribution in [2.75, 3.05) is 14.2 Å². The van der Waals surface area contributed by atoms with E-state index < -0.39 is 23.7 Å². The molecule has 1 atom stereocenters. The van der Waals surface area contributed by atoms with E-state index in [0.29, 0.717) is 22.6 Å². The van der Waals surface area contributed by atoms with Gasteiger partial charge in [-0.1, -0.05) is 17.7 Å². The number of carboxylic acid groups (broad SMARTS) is 1. The second kappa shape index (κ2) is 9.23. The average Bonchev–Trinajstić information content (AvgIpc) is 2.62. The number of hydrogen-bond donors (Lipinski definition) is 2. The van der Waals surface area contributed by atoms with Crippen LogP contribution >= 0.6 is 11.6 Å². The molecule has 0 heterocycles. The Morgan fingerprint density at radius 2 is 1.93 bits per heavy atom. The highest BCUT2D eigenvalue weighted by Crippen LogP contribution is 2.31. The van der Waals surface area contributed by atoms with E-state index in [9.17, 15) is 19.1 Å². The van der Waals surface area contributed by atoms with E-state index in [2.05, 4.69) is 5.32 Å². The molecule has 0 spiro atoms. The normalized spacial score (nSPS) is 11.6. The summed E-state index contributed by atoms with van der Waals surface area (Å²) in [5, 5.41) is 12.0. The summed E-state index contributed by atoms with van der Waals surface area (Å²) in [5.74, 6) is -1.11. The fraction of sp³-hybridized carbons (Fsp3) is 0.263. The van der Waals surface area contributed by atoms with Crippen molar-refractivity contribution in [3.8, 4) is 11.5 Å². The zero-order chi connectivity index (χ0) is 20.0. The van der Waals surface area contributed by atoms with Gasteiger partial charge in [-0.15, -0.1) is 0 Å². The molecule has 0 radical (unpaired) electrons. The van der Waals surface area contributed by atoms with Gasteiger partial charge in [-0.05, 0) is 29.8 Å². The lowest BCUT2D eigenvalue weighted by Crippen LogP contribution is -2.31.